The maximum atomic E-state index is 11.8. The maximum Gasteiger partial charge on any atom is 0.317 e. The van der Waals surface area contributed by atoms with Crippen LogP contribution in [0.2, 0.25) is 0 Å². The molecule has 1 aromatic heterocycles. The number of carboxylic acid groups (broad SMARTS) is 1. The van der Waals surface area contributed by atoms with Crippen molar-refractivity contribution in [2.24, 2.45) is 0 Å². The first-order chi connectivity index (χ1) is 9.97. The number of carboxylic acids is 1. The molecule has 0 bridgehead atoms. The van der Waals surface area contributed by atoms with Crippen molar-refractivity contribution in [1.82, 2.24) is 14.8 Å². The molecule has 0 spiro atoms. The molecule has 1 saturated heterocycles. The van der Waals surface area contributed by atoms with Crippen molar-refractivity contribution in [3.05, 3.63) is 23.9 Å². The number of aliphatic carboxylic acids is 1. The lowest BCUT2D eigenvalue weighted by molar-refractivity contribution is -0.138. The molecule has 1 N–H and O–H groups in total. The fourth-order valence-corrected chi connectivity index (χ4v) is 2.28. The predicted molar refractivity (Wildman–Crippen MR) is 78.5 cm³/mol. The summed E-state index contributed by atoms with van der Waals surface area (Å²) in [5.41, 5.74) is 0.563. The summed E-state index contributed by atoms with van der Waals surface area (Å²) >= 11 is 0. The van der Waals surface area contributed by atoms with Crippen LogP contribution in [0.25, 0.3) is 0 Å². The molecule has 0 saturated carbocycles. The Morgan fingerprint density at radius 2 is 1.90 bits per heavy atom. The summed E-state index contributed by atoms with van der Waals surface area (Å²) in [4.78, 5) is 32.3. The van der Waals surface area contributed by atoms with Gasteiger partial charge in [-0.2, -0.15) is 0 Å². The summed E-state index contributed by atoms with van der Waals surface area (Å²) < 4.78 is 0. The van der Waals surface area contributed by atoms with Crippen molar-refractivity contribution in [2.75, 3.05) is 51.7 Å². The second kappa shape index (κ2) is 6.53. The van der Waals surface area contributed by atoms with Crippen LogP contribution in [0.1, 0.15) is 10.4 Å². The number of aromatic nitrogens is 1. The van der Waals surface area contributed by atoms with Gasteiger partial charge in [-0.25, -0.2) is 4.98 Å². The molecule has 114 valence electrons. The van der Waals surface area contributed by atoms with Crippen LogP contribution >= 0.6 is 0 Å². The molecular weight excluding hydrogens is 272 g/mol. The topological polar surface area (TPSA) is 77.0 Å². The fourth-order valence-electron chi connectivity index (χ4n) is 2.28. The molecule has 1 amide bonds. The Morgan fingerprint density at radius 3 is 2.38 bits per heavy atom. The van der Waals surface area contributed by atoms with Gasteiger partial charge in [-0.3, -0.25) is 14.5 Å². The average molecular weight is 292 g/mol. The smallest absolute Gasteiger partial charge is 0.317 e. The van der Waals surface area contributed by atoms with Gasteiger partial charge in [0.05, 0.1) is 12.1 Å². The van der Waals surface area contributed by atoms with Gasteiger partial charge in [-0.15, -0.1) is 0 Å². The molecule has 1 aliphatic heterocycles. The van der Waals surface area contributed by atoms with E-state index in [0.29, 0.717) is 18.7 Å². The van der Waals surface area contributed by atoms with E-state index in [-0.39, 0.29) is 12.5 Å². The standard InChI is InChI=1S/C14H20N4O3/c1-16(2)14(21)11-3-4-12(15-9-11)18-7-5-17(6-8-18)10-13(19)20/h3-4,9H,5-8,10H2,1-2H3,(H,19,20). The van der Waals surface area contributed by atoms with Crippen molar-refractivity contribution in [3.8, 4) is 0 Å². The van der Waals surface area contributed by atoms with Gasteiger partial charge in [0.25, 0.3) is 5.91 Å². The molecule has 7 heteroatoms. The Hall–Kier alpha value is -2.15. The van der Waals surface area contributed by atoms with Crippen molar-refractivity contribution in [2.45, 2.75) is 0 Å². The summed E-state index contributed by atoms with van der Waals surface area (Å²) in [6.07, 6.45) is 1.58. The van der Waals surface area contributed by atoms with Crippen LogP contribution in [-0.4, -0.2) is 78.6 Å². The molecular formula is C14H20N4O3. The first-order valence-corrected chi connectivity index (χ1v) is 6.84. The number of piperazine rings is 1. The van der Waals surface area contributed by atoms with E-state index in [4.69, 9.17) is 5.11 Å². The van der Waals surface area contributed by atoms with Gasteiger partial charge in [0.1, 0.15) is 5.82 Å². The Labute approximate surface area is 123 Å². The van der Waals surface area contributed by atoms with Crippen LogP contribution in [-0.2, 0) is 4.79 Å². The Bertz CT molecular complexity index is 507. The zero-order chi connectivity index (χ0) is 15.4. The largest absolute Gasteiger partial charge is 0.480 e. The summed E-state index contributed by atoms with van der Waals surface area (Å²) in [7, 11) is 3.41. The molecule has 2 rings (SSSR count). The Kier molecular flexibility index (Phi) is 4.74. The Balaban J connectivity index is 1.95. The second-order valence-corrected chi connectivity index (χ2v) is 5.26. The van der Waals surface area contributed by atoms with Crippen molar-refractivity contribution in [1.29, 1.82) is 0 Å². The number of carbonyl (C=O) groups is 2. The fraction of sp³-hybridized carbons (Fsp3) is 0.500. The van der Waals surface area contributed by atoms with Crippen LogP contribution in [0.5, 0.6) is 0 Å². The zero-order valence-corrected chi connectivity index (χ0v) is 12.3. The van der Waals surface area contributed by atoms with Crippen LogP contribution in [0.3, 0.4) is 0 Å². The first kappa shape index (κ1) is 15.2. The van der Waals surface area contributed by atoms with E-state index in [1.54, 1.807) is 26.4 Å². The molecule has 7 nitrogen and oxygen atoms in total. The monoisotopic (exact) mass is 292 g/mol. The number of amides is 1. The lowest BCUT2D eigenvalue weighted by atomic mass is 10.2. The SMILES string of the molecule is CN(C)C(=O)c1ccc(N2CCN(CC(=O)O)CC2)nc1. The first-order valence-electron chi connectivity index (χ1n) is 6.84. The van der Waals surface area contributed by atoms with Crippen LogP contribution < -0.4 is 4.90 Å². The third kappa shape index (κ3) is 3.91. The third-order valence-corrected chi connectivity index (χ3v) is 3.46. The van der Waals surface area contributed by atoms with E-state index in [0.717, 1.165) is 18.9 Å². The molecule has 0 aliphatic carbocycles. The van der Waals surface area contributed by atoms with Gasteiger partial charge in [-0.1, -0.05) is 0 Å². The number of hydrogen-bond acceptors (Lipinski definition) is 5. The highest BCUT2D eigenvalue weighted by molar-refractivity contribution is 5.93. The van der Waals surface area contributed by atoms with Crippen molar-refractivity contribution < 1.29 is 14.7 Å². The summed E-state index contributed by atoms with van der Waals surface area (Å²) in [5, 5.41) is 8.77. The molecule has 1 aliphatic rings. The maximum absolute atomic E-state index is 11.8. The number of pyridine rings is 1. The Morgan fingerprint density at radius 1 is 1.24 bits per heavy atom. The van der Waals surface area contributed by atoms with Gasteiger partial charge in [0, 0.05) is 46.5 Å². The van der Waals surface area contributed by atoms with Gasteiger partial charge in [-0.05, 0) is 12.1 Å². The van der Waals surface area contributed by atoms with E-state index in [9.17, 15) is 9.59 Å². The predicted octanol–water partition coefficient (Wildman–Crippen LogP) is -0.01000. The van der Waals surface area contributed by atoms with Gasteiger partial charge in [0.2, 0.25) is 0 Å². The van der Waals surface area contributed by atoms with Gasteiger partial charge < -0.3 is 14.9 Å². The number of hydrogen-bond donors (Lipinski definition) is 1. The van der Waals surface area contributed by atoms with Gasteiger partial charge >= 0.3 is 5.97 Å². The van der Waals surface area contributed by atoms with E-state index < -0.39 is 5.97 Å². The summed E-state index contributed by atoms with van der Waals surface area (Å²) in [6.45, 7) is 2.96. The van der Waals surface area contributed by atoms with E-state index in [1.807, 2.05) is 11.0 Å². The zero-order valence-electron chi connectivity index (χ0n) is 12.3. The van der Waals surface area contributed by atoms with Crippen LogP contribution in [0, 0.1) is 0 Å². The van der Waals surface area contributed by atoms with Crippen molar-refractivity contribution >= 4 is 17.7 Å². The quantitative estimate of drug-likeness (QED) is 0.841. The minimum Gasteiger partial charge on any atom is -0.480 e. The highest BCUT2D eigenvalue weighted by atomic mass is 16.4. The summed E-state index contributed by atoms with van der Waals surface area (Å²) in [6, 6.07) is 3.61. The number of rotatable bonds is 4. The third-order valence-electron chi connectivity index (χ3n) is 3.46. The molecule has 0 aromatic carbocycles. The highest BCUT2D eigenvalue weighted by Gasteiger charge is 2.19. The highest BCUT2D eigenvalue weighted by Crippen LogP contribution is 2.14. The number of carbonyl (C=O) groups excluding carboxylic acids is 1. The molecule has 0 unspecified atom stereocenters. The minimum absolute atomic E-state index is 0.0691. The van der Waals surface area contributed by atoms with E-state index in [2.05, 4.69) is 9.88 Å². The molecule has 2 heterocycles. The lowest BCUT2D eigenvalue weighted by Gasteiger charge is -2.34. The van der Waals surface area contributed by atoms with Crippen LogP contribution in [0.4, 0.5) is 5.82 Å². The van der Waals surface area contributed by atoms with Crippen molar-refractivity contribution in [3.63, 3.8) is 0 Å². The normalized spacial score (nSPS) is 15.8. The molecule has 0 radical (unpaired) electrons. The number of nitrogens with zero attached hydrogens (tertiary/aromatic N) is 4. The van der Waals surface area contributed by atoms with Crippen LogP contribution in [0.15, 0.2) is 18.3 Å². The van der Waals surface area contributed by atoms with E-state index in [1.165, 1.54) is 4.90 Å². The van der Waals surface area contributed by atoms with Gasteiger partial charge in [0.15, 0.2) is 0 Å². The molecule has 0 atom stereocenters. The molecule has 1 aromatic rings. The van der Waals surface area contributed by atoms with E-state index >= 15 is 0 Å². The molecule has 21 heavy (non-hydrogen) atoms. The number of anilines is 1. The molecule has 1 fully saturated rings. The summed E-state index contributed by atoms with van der Waals surface area (Å²) in [5.74, 6) is -0.0475. The lowest BCUT2D eigenvalue weighted by Crippen LogP contribution is -2.48. The second-order valence-electron chi connectivity index (χ2n) is 5.26. The minimum atomic E-state index is -0.798. The average Bonchev–Trinajstić information content (AvgIpc) is 2.47.